The first-order valence-corrected chi connectivity index (χ1v) is 5.56. The third kappa shape index (κ3) is 2.56. The summed E-state index contributed by atoms with van der Waals surface area (Å²) in [5, 5.41) is 0. The molecule has 0 unspecified atom stereocenters. The lowest BCUT2D eigenvalue weighted by Crippen LogP contribution is -2.30. The van der Waals surface area contributed by atoms with E-state index in [1.165, 1.54) is 6.07 Å². The predicted octanol–water partition coefficient (Wildman–Crippen LogP) is 3.05. The van der Waals surface area contributed by atoms with Crippen molar-refractivity contribution in [1.29, 1.82) is 0 Å². The number of carbonyl (C=O) groups excluding carboxylic acids is 1. The van der Waals surface area contributed by atoms with Gasteiger partial charge in [0.25, 0.3) is 5.91 Å². The van der Waals surface area contributed by atoms with Crippen LogP contribution >= 0.6 is 0 Å². The molecule has 1 heterocycles. The summed E-state index contributed by atoms with van der Waals surface area (Å²) >= 11 is 0. The molecule has 0 bridgehead atoms. The van der Waals surface area contributed by atoms with Crippen LogP contribution in [0.25, 0.3) is 0 Å². The van der Waals surface area contributed by atoms with E-state index < -0.39 is 46.4 Å². The molecule has 1 amide bonds. The molecule has 1 aromatic heterocycles. The van der Waals surface area contributed by atoms with Crippen molar-refractivity contribution in [2.24, 2.45) is 0 Å². The number of nitrogens with zero attached hydrogens (tertiary/aromatic N) is 2. The topological polar surface area (TPSA) is 33.2 Å². The van der Waals surface area contributed by atoms with Gasteiger partial charge in [-0.25, -0.2) is 26.9 Å². The third-order valence-corrected chi connectivity index (χ3v) is 2.69. The van der Waals surface area contributed by atoms with Crippen LogP contribution < -0.4 is 4.90 Å². The van der Waals surface area contributed by atoms with E-state index in [0.29, 0.717) is 4.90 Å². The standard InChI is InChI=1S/C13H7F5N2O/c1-20(12-6(14)3-2-4-19-12)13(21)9-10(17)7(15)5-8(16)11(9)18/h2-5H,1H3. The number of halogens is 5. The second-order valence-electron chi connectivity index (χ2n) is 4.02. The van der Waals surface area contributed by atoms with Gasteiger partial charge in [-0.05, 0) is 12.1 Å². The molecule has 0 radical (unpaired) electrons. The smallest absolute Gasteiger partial charge is 0.265 e. The molecule has 0 saturated heterocycles. The summed E-state index contributed by atoms with van der Waals surface area (Å²) in [7, 11) is 0.968. The van der Waals surface area contributed by atoms with E-state index in [1.807, 2.05) is 0 Å². The van der Waals surface area contributed by atoms with Crippen molar-refractivity contribution in [2.75, 3.05) is 11.9 Å². The quantitative estimate of drug-likeness (QED) is 0.631. The summed E-state index contributed by atoms with van der Waals surface area (Å²) in [6.07, 6.45) is 1.14. The van der Waals surface area contributed by atoms with Gasteiger partial charge in [0.1, 0.15) is 5.56 Å². The van der Waals surface area contributed by atoms with E-state index >= 15 is 0 Å². The lowest BCUT2D eigenvalue weighted by Gasteiger charge is -2.17. The fraction of sp³-hybridized carbons (Fsp3) is 0.0769. The van der Waals surface area contributed by atoms with Crippen LogP contribution in [-0.2, 0) is 0 Å². The zero-order valence-electron chi connectivity index (χ0n) is 10.5. The van der Waals surface area contributed by atoms with Crippen molar-refractivity contribution < 1.29 is 26.7 Å². The minimum Gasteiger partial charge on any atom is -0.293 e. The van der Waals surface area contributed by atoms with Gasteiger partial charge in [0.15, 0.2) is 34.9 Å². The van der Waals surface area contributed by atoms with Crippen LogP contribution in [0.1, 0.15) is 10.4 Å². The molecular weight excluding hydrogens is 295 g/mol. The normalized spacial score (nSPS) is 10.6. The zero-order valence-corrected chi connectivity index (χ0v) is 10.5. The highest BCUT2D eigenvalue weighted by atomic mass is 19.2. The Morgan fingerprint density at radius 1 is 1.05 bits per heavy atom. The Hall–Kier alpha value is -2.51. The molecule has 0 saturated carbocycles. The number of benzene rings is 1. The van der Waals surface area contributed by atoms with E-state index in [1.54, 1.807) is 0 Å². The van der Waals surface area contributed by atoms with E-state index in [9.17, 15) is 26.7 Å². The highest BCUT2D eigenvalue weighted by molar-refractivity contribution is 6.05. The molecule has 110 valence electrons. The van der Waals surface area contributed by atoms with Crippen LogP contribution in [0.15, 0.2) is 24.4 Å². The Morgan fingerprint density at radius 3 is 2.14 bits per heavy atom. The van der Waals surface area contributed by atoms with Crippen molar-refractivity contribution in [3.05, 3.63) is 59.0 Å². The van der Waals surface area contributed by atoms with Gasteiger partial charge in [-0.1, -0.05) is 0 Å². The summed E-state index contributed by atoms with van der Waals surface area (Å²) in [6, 6.07) is 2.17. The lowest BCUT2D eigenvalue weighted by molar-refractivity contribution is 0.0981. The van der Waals surface area contributed by atoms with Gasteiger partial charge in [0, 0.05) is 19.3 Å². The van der Waals surface area contributed by atoms with Crippen molar-refractivity contribution in [1.82, 2.24) is 4.98 Å². The highest BCUT2D eigenvalue weighted by Gasteiger charge is 2.28. The van der Waals surface area contributed by atoms with Crippen LogP contribution in [0.3, 0.4) is 0 Å². The van der Waals surface area contributed by atoms with Gasteiger partial charge < -0.3 is 0 Å². The molecule has 0 aliphatic heterocycles. The maximum atomic E-state index is 13.5. The summed E-state index contributed by atoms with van der Waals surface area (Å²) in [4.78, 5) is 15.9. The zero-order chi connectivity index (χ0) is 15.7. The lowest BCUT2D eigenvalue weighted by atomic mass is 10.1. The Kier molecular flexibility index (Phi) is 3.88. The average Bonchev–Trinajstić information content (AvgIpc) is 2.45. The molecule has 1 aromatic carbocycles. The van der Waals surface area contributed by atoms with Crippen molar-refractivity contribution in [3.63, 3.8) is 0 Å². The molecule has 0 fully saturated rings. The SMILES string of the molecule is CN(C(=O)c1c(F)c(F)cc(F)c1F)c1ncccc1F. The van der Waals surface area contributed by atoms with E-state index in [-0.39, 0.29) is 6.07 Å². The van der Waals surface area contributed by atoms with Gasteiger partial charge in [0.2, 0.25) is 0 Å². The summed E-state index contributed by atoms with van der Waals surface area (Å²) in [6.45, 7) is 0. The molecule has 0 aliphatic carbocycles. The van der Waals surface area contributed by atoms with Crippen molar-refractivity contribution in [3.8, 4) is 0 Å². The largest absolute Gasteiger partial charge is 0.293 e. The van der Waals surface area contributed by atoms with E-state index in [4.69, 9.17) is 0 Å². The molecule has 0 aliphatic rings. The number of hydrogen-bond donors (Lipinski definition) is 0. The molecule has 3 nitrogen and oxygen atoms in total. The van der Waals surface area contributed by atoms with E-state index in [0.717, 1.165) is 19.3 Å². The van der Waals surface area contributed by atoms with Crippen LogP contribution in [0.4, 0.5) is 27.8 Å². The maximum Gasteiger partial charge on any atom is 0.265 e. The number of pyridine rings is 1. The van der Waals surface area contributed by atoms with Crippen molar-refractivity contribution in [2.45, 2.75) is 0 Å². The van der Waals surface area contributed by atoms with Crippen LogP contribution in [0.5, 0.6) is 0 Å². The first kappa shape index (κ1) is 14.9. The monoisotopic (exact) mass is 302 g/mol. The predicted molar refractivity (Wildman–Crippen MR) is 63.2 cm³/mol. The molecule has 0 spiro atoms. The maximum absolute atomic E-state index is 13.5. The number of carbonyl (C=O) groups is 1. The van der Waals surface area contributed by atoms with Crippen molar-refractivity contribution >= 4 is 11.7 Å². The molecule has 8 heteroatoms. The van der Waals surface area contributed by atoms with Gasteiger partial charge in [0.05, 0.1) is 0 Å². The number of aromatic nitrogens is 1. The molecule has 2 rings (SSSR count). The van der Waals surface area contributed by atoms with Gasteiger partial charge in [-0.3, -0.25) is 9.69 Å². The number of hydrogen-bond acceptors (Lipinski definition) is 2. The molecule has 0 atom stereocenters. The Labute approximate surface area is 115 Å². The first-order valence-electron chi connectivity index (χ1n) is 5.56. The molecule has 2 aromatic rings. The minimum atomic E-state index is -1.86. The average molecular weight is 302 g/mol. The van der Waals surface area contributed by atoms with Crippen LogP contribution in [0, 0.1) is 29.1 Å². The summed E-state index contributed by atoms with van der Waals surface area (Å²) < 4.78 is 66.7. The van der Waals surface area contributed by atoms with E-state index in [2.05, 4.69) is 4.98 Å². The summed E-state index contributed by atoms with van der Waals surface area (Å²) in [5.74, 6) is -10.1. The minimum absolute atomic E-state index is 0.0250. The van der Waals surface area contributed by atoms with Crippen LogP contribution in [-0.4, -0.2) is 17.9 Å². The Bertz CT molecular complexity index is 694. The molecule has 0 N–H and O–H groups in total. The molecular formula is C13H7F5N2O. The fourth-order valence-electron chi connectivity index (χ4n) is 1.65. The fourth-order valence-corrected chi connectivity index (χ4v) is 1.65. The number of anilines is 1. The Balaban J connectivity index is 2.53. The van der Waals surface area contributed by atoms with Gasteiger partial charge >= 0.3 is 0 Å². The number of amides is 1. The highest BCUT2D eigenvalue weighted by Crippen LogP contribution is 2.23. The second kappa shape index (κ2) is 5.47. The Morgan fingerprint density at radius 2 is 1.62 bits per heavy atom. The van der Waals surface area contributed by atoms with Gasteiger partial charge in [-0.2, -0.15) is 0 Å². The van der Waals surface area contributed by atoms with Crippen LogP contribution in [0.2, 0.25) is 0 Å². The molecule has 21 heavy (non-hydrogen) atoms. The third-order valence-electron chi connectivity index (χ3n) is 2.69. The second-order valence-corrected chi connectivity index (χ2v) is 4.02. The summed E-state index contributed by atoms with van der Waals surface area (Å²) in [5.41, 5.74) is -1.46. The number of rotatable bonds is 2. The van der Waals surface area contributed by atoms with Gasteiger partial charge in [-0.15, -0.1) is 0 Å². The first-order chi connectivity index (χ1) is 9.84.